The summed E-state index contributed by atoms with van der Waals surface area (Å²) in [6, 6.07) is 17.8. The van der Waals surface area contributed by atoms with Gasteiger partial charge in [-0.25, -0.2) is 9.59 Å². The molecule has 4 rings (SSSR count). The molecule has 0 fully saturated rings. The maximum atomic E-state index is 13.4. The number of rotatable bonds is 9. The molecule has 0 aliphatic rings. The van der Waals surface area contributed by atoms with E-state index in [0.717, 1.165) is 5.56 Å². The maximum Gasteiger partial charge on any atom is 0.408 e. The van der Waals surface area contributed by atoms with Crippen molar-refractivity contribution in [2.75, 3.05) is 17.2 Å². The molecule has 3 amide bonds. The van der Waals surface area contributed by atoms with Crippen LogP contribution in [0, 0.1) is 0 Å². The number of amides is 3. The predicted octanol–water partition coefficient (Wildman–Crippen LogP) is 5.07. The summed E-state index contributed by atoms with van der Waals surface area (Å²) in [7, 11) is 0. The summed E-state index contributed by atoms with van der Waals surface area (Å²) in [5.74, 6) is -1.28. The summed E-state index contributed by atoms with van der Waals surface area (Å²) in [4.78, 5) is 57.5. The number of ether oxygens (including phenoxy) is 2. The summed E-state index contributed by atoms with van der Waals surface area (Å²) in [5.41, 5.74) is 2.31. The van der Waals surface area contributed by atoms with Gasteiger partial charge in [0.05, 0.1) is 6.61 Å². The largest absolute Gasteiger partial charge is 0.461 e. The zero-order valence-electron chi connectivity index (χ0n) is 23.8. The monoisotopic (exact) mass is 571 g/mol. The van der Waals surface area contributed by atoms with Gasteiger partial charge >= 0.3 is 12.1 Å². The molecule has 11 heteroatoms. The molecule has 2 aromatic carbocycles. The van der Waals surface area contributed by atoms with Crippen molar-refractivity contribution in [3.63, 3.8) is 0 Å². The first-order valence-corrected chi connectivity index (χ1v) is 13.4. The van der Waals surface area contributed by atoms with Gasteiger partial charge in [0.1, 0.15) is 23.0 Å². The molecular formula is C31H33N5O6. The van der Waals surface area contributed by atoms with Crippen LogP contribution in [-0.4, -0.2) is 52.1 Å². The number of nitrogens with zero attached hydrogens (tertiary/aromatic N) is 1. The van der Waals surface area contributed by atoms with Gasteiger partial charge in [0, 0.05) is 34.9 Å². The molecule has 11 nitrogen and oxygen atoms in total. The average molecular weight is 572 g/mol. The van der Waals surface area contributed by atoms with Gasteiger partial charge < -0.3 is 30.4 Å². The molecule has 1 atom stereocenters. The van der Waals surface area contributed by atoms with Gasteiger partial charge in [0.25, 0.3) is 5.91 Å². The van der Waals surface area contributed by atoms with Crippen LogP contribution in [0.1, 0.15) is 54.2 Å². The number of esters is 1. The number of aromatic amines is 1. The highest BCUT2D eigenvalue weighted by Gasteiger charge is 2.25. The highest BCUT2D eigenvalue weighted by Crippen LogP contribution is 2.21. The summed E-state index contributed by atoms with van der Waals surface area (Å²) < 4.78 is 10.4. The van der Waals surface area contributed by atoms with E-state index in [2.05, 4.69) is 25.9 Å². The lowest BCUT2D eigenvalue weighted by Gasteiger charge is -2.23. The predicted molar refractivity (Wildman–Crippen MR) is 158 cm³/mol. The van der Waals surface area contributed by atoms with Crippen LogP contribution in [0.3, 0.4) is 0 Å². The summed E-state index contributed by atoms with van der Waals surface area (Å²) >= 11 is 0. The van der Waals surface area contributed by atoms with Crippen molar-refractivity contribution in [3.8, 4) is 0 Å². The molecule has 0 saturated carbocycles. The molecule has 0 aliphatic heterocycles. The van der Waals surface area contributed by atoms with Gasteiger partial charge in [-0.05, 0) is 81.8 Å². The van der Waals surface area contributed by atoms with Crippen LogP contribution in [0.4, 0.5) is 16.2 Å². The fourth-order valence-electron chi connectivity index (χ4n) is 4.07. The molecular weight excluding hydrogens is 538 g/mol. The third kappa shape index (κ3) is 8.17. The fraction of sp³-hybridized carbons (Fsp3) is 0.258. The second kappa shape index (κ2) is 13.0. The third-order valence-electron chi connectivity index (χ3n) is 5.94. The Morgan fingerprint density at radius 3 is 2.33 bits per heavy atom. The number of anilines is 2. The number of nitrogens with one attached hydrogen (secondary N) is 4. The molecule has 218 valence electrons. The van der Waals surface area contributed by atoms with E-state index in [0.29, 0.717) is 28.0 Å². The summed E-state index contributed by atoms with van der Waals surface area (Å²) in [6.45, 7) is 7.18. The van der Waals surface area contributed by atoms with E-state index in [1.807, 2.05) is 0 Å². The summed E-state index contributed by atoms with van der Waals surface area (Å²) in [5, 5.41) is 8.99. The lowest BCUT2D eigenvalue weighted by atomic mass is 10.0. The fourth-order valence-corrected chi connectivity index (χ4v) is 4.07. The van der Waals surface area contributed by atoms with Gasteiger partial charge in [0.15, 0.2) is 0 Å². The van der Waals surface area contributed by atoms with Crippen LogP contribution in [0.2, 0.25) is 0 Å². The highest BCUT2D eigenvalue weighted by molar-refractivity contribution is 6.03. The molecule has 0 spiro atoms. The van der Waals surface area contributed by atoms with E-state index in [4.69, 9.17) is 9.47 Å². The van der Waals surface area contributed by atoms with Crippen LogP contribution in [0.25, 0.3) is 10.9 Å². The van der Waals surface area contributed by atoms with E-state index in [-0.39, 0.29) is 24.6 Å². The highest BCUT2D eigenvalue weighted by atomic mass is 16.6. The number of hydrogen-bond donors (Lipinski definition) is 4. The van der Waals surface area contributed by atoms with Gasteiger partial charge in [-0.15, -0.1) is 0 Å². The summed E-state index contributed by atoms with van der Waals surface area (Å²) in [6.07, 6.45) is 0.957. The molecule has 1 unspecified atom stereocenters. The number of pyridine rings is 1. The van der Waals surface area contributed by atoms with Crippen LogP contribution >= 0.6 is 0 Å². The minimum absolute atomic E-state index is 0.152. The zero-order chi connectivity index (χ0) is 30.3. The van der Waals surface area contributed by atoms with E-state index in [1.54, 1.807) is 94.4 Å². The van der Waals surface area contributed by atoms with Crippen molar-refractivity contribution in [2.45, 2.75) is 45.8 Å². The van der Waals surface area contributed by atoms with Crippen LogP contribution in [-0.2, 0) is 20.7 Å². The second-order valence-corrected chi connectivity index (χ2v) is 10.5. The van der Waals surface area contributed by atoms with Gasteiger partial charge in [-0.1, -0.05) is 18.2 Å². The Bertz CT molecular complexity index is 1580. The van der Waals surface area contributed by atoms with E-state index >= 15 is 0 Å². The van der Waals surface area contributed by atoms with E-state index in [1.165, 1.54) is 6.20 Å². The Hall–Kier alpha value is -5.19. The topological polar surface area (TPSA) is 152 Å². The molecule has 4 N–H and O–H groups in total. The lowest BCUT2D eigenvalue weighted by Crippen LogP contribution is -2.47. The number of fused-ring (bicyclic) bond motifs is 1. The minimum Gasteiger partial charge on any atom is -0.461 e. The third-order valence-corrected chi connectivity index (χ3v) is 5.94. The van der Waals surface area contributed by atoms with Crippen LogP contribution in [0.15, 0.2) is 72.9 Å². The van der Waals surface area contributed by atoms with Crippen molar-refractivity contribution in [1.82, 2.24) is 15.3 Å². The first kappa shape index (κ1) is 29.8. The van der Waals surface area contributed by atoms with Gasteiger partial charge in [-0.2, -0.15) is 0 Å². The first-order valence-electron chi connectivity index (χ1n) is 13.4. The number of carbonyl (C=O) groups is 4. The Balaban J connectivity index is 1.48. The molecule has 0 saturated heterocycles. The van der Waals surface area contributed by atoms with Crippen molar-refractivity contribution in [2.24, 2.45) is 0 Å². The normalized spacial score (nSPS) is 11.8. The minimum atomic E-state index is -0.981. The van der Waals surface area contributed by atoms with Crippen LogP contribution < -0.4 is 16.0 Å². The SMILES string of the molecule is CCOC(=O)c1cc2cc(NC(=O)C(Cc3ccc(NC(=O)c4ccccn4)cc3)NC(=O)OC(C)(C)C)ccc2[nH]1. The number of hydrogen-bond acceptors (Lipinski definition) is 7. The number of alkyl carbamates (subject to hydrolysis) is 1. The molecule has 2 heterocycles. The molecule has 0 radical (unpaired) electrons. The second-order valence-electron chi connectivity index (χ2n) is 10.5. The molecule has 2 aromatic heterocycles. The van der Waals surface area contributed by atoms with Crippen molar-refractivity contribution >= 4 is 46.2 Å². The lowest BCUT2D eigenvalue weighted by molar-refractivity contribution is -0.118. The van der Waals surface area contributed by atoms with Gasteiger partial charge in [-0.3, -0.25) is 14.6 Å². The van der Waals surface area contributed by atoms with Crippen molar-refractivity contribution < 1.29 is 28.7 Å². The molecule has 0 bridgehead atoms. The first-order chi connectivity index (χ1) is 20.0. The number of H-pyrrole nitrogens is 1. The van der Waals surface area contributed by atoms with E-state index in [9.17, 15) is 19.2 Å². The zero-order valence-corrected chi connectivity index (χ0v) is 23.8. The maximum absolute atomic E-state index is 13.4. The van der Waals surface area contributed by atoms with Crippen molar-refractivity contribution in [1.29, 1.82) is 0 Å². The Kier molecular flexibility index (Phi) is 9.21. The van der Waals surface area contributed by atoms with Crippen molar-refractivity contribution in [3.05, 3.63) is 89.9 Å². The van der Waals surface area contributed by atoms with E-state index < -0.39 is 29.6 Å². The Morgan fingerprint density at radius 2 is 1.67 bits per heavy atom. The Labute approximate surface area is 243 Å². The Morgan fingerprint density at radius 1 is 0.929 bits per heavy atom. The molecule has 42 heavy (non-hydrogen) atoms. The molecule has 4 aromatic rings. The average Bonchev–Trinajstić information content (AvgIpc) is 3.37. The van der Waals surface area contributed by atoms with Crippen LogP contribution in [0.5, 0.6) is 0 Å². The number of benzene rings is 2. The number of carbonyl (C=O) groups excluding carboxylic acids is 4. The standard InChI is InChI=1S/C31H33N5O6/c1-5-41-29(39)26-18-20-17-22(13-14-23(20)35-26)34-28(38)25(36-30(40)42-31(2,3)4)16-19-9-11-21(12-10-19)33-27(37)24-8-6-7-15-32-24/h6-15,17-18,25,35H,5,16H2,1-4H3,(H,33,37)(H,34,38)(H,36,40). The molecule has 0 aliphatic carbocycles. The smallest absolute Gasteiger partial charge is 0.408 e. The number of aromatic nitrogens is 2. The van der Waals surface area contributed by atoms with Gasteiger partial charge in [0.2, 0.25) is 5.91 Å². The quantitative estimate of drug-likeness (QED) is 0.205.